The van der Waals surface area contributed by atoms with Crippen LogP contribution in [0.5, 0.6) is 0 Å². The van der Waals surface area contributed by atoms with Gasteiger partial charge in [-0.05, 0) is 93.7 Å². The van der Waals surface area contributed by atoms with Crippen LogP contribution in [0.1, 0.15) is 0 Å². The molecule has 0 aliphatic carbocycles. The average Bonchev–Trinajstić information content (AvgIpc) is 3.73. The first-order chi connectivity index (χ1) is 24.3. The molecule has 0 amide bonds. The van der Waals surface area contributed by atoms with Gasteiger partial charge < -0.3 is 9.32 Å². The summed E-state index contributed by atoms with van der Waals surface area (Å²) in [6.07, 6.45) is 0. The minimum Gasteiger partial charge on any atom is -0.456 e. The number of rotatable bonds is 5. The van der Waals surface area contributed by atoms with Crippen LogP contribution in [0, 0.1) is 0 Å². The summed E-state index contributed by atoms with van der Waals surface area (Å²) in [5.41, 5.74) is 9.93. The van der Waals surface area contributed by atoms with Crippen molar-refractivity contribution < 1.29 is 4.42 Å². The lowest BCUT2D eigenvalue weighted by Gasteiger charge is -2.26. The van der Waals surface area contributed by atoms with Gasteiger partial charge in [0.15, 0.2) is 0 Å². The number of benzene rings is 8. The van der Waals surface area contributed by atoms with Gasteiger partial charge in [-0.3, -0.25) is 0 Å². The zero-order valence-corrected chi connectivity index (χ0v) is 27.3. The molecule has 0 radical (unpaired) electrons. The third-order valence-electron chi connectivity index (χ3n) is 9.66. The van der Waals surface area contributed by atoms with Crippen molar-refractivity contribution in [2.75, 3.05) is 4.90 Å². The maximum Gasteiger partial charge on any atom is 0.135 e. The molecule has 0 atom stereocenters. The predicted molar refractivity (Wildman–Crippen MR) is 210 cm³/mol. The number of furan rings is 1. The fraction of sp³-hybridized carbons (Fsp3) is 0. The Hall–Kier alpha value is -6.16. The van der Waals surface area contributed by atoms with Crippen molar-refractivity contribution in [3.8, 4) is 22.3 Å². The summed E-state index contributed by atoms with van der Waals surface area (Å²) < 4.78 is 8.73. The van der Waals surface area contributed by atoms with Gasteiger partial charge in [-0.2, -0.15) is 0 Å². The minimum absolute atomic E-state index is 0.908. The van der Waals surface area contributed by atoms with E-state index in [1.54, 1.807) is 0 Å². The van der Waals surface area contributed by atoms with E-state index in [1.807, 2.05) is 23.5 Å². The van der Waals surface area contributed by atoms with Crippen molar-refractivity contribution in [1.29, 1.82) is 0 Å². The molecule has 2 aromatic heterocycles. The molecule has 3 heteroatoms. The van der Waals surface area contributed by atoms with Gasteiger partial charge in [0, 0.05) is 48.0 Å². The van der Waals surface area contributed by atoms with Crippen molar-refractivity contribution in [3.05, 3.63) is 176 Å². The number of anilines is 3. The third-order valence-corrected chi connectivity index (χ3v) is 10.8. The summed E-state index contributed by atoms with van der Waals surface area (Å²) in [7, 11) is 0. The van der Waals surface area contributed by atoms with Gasteiger partial charge in [-0.1, -0.05) is 115 Å². The number of hydrogen-bond acceptors (Lipinski definition) is 3. The van der Waals surface area contributed by atoms with Crippen molar-refractivity contribution >= 4 is 81.3 Å². The lowest BCUT2D eigenvalue weighted by molar-refractivity contribution is 0.669. The van der Waals surface area contributed by atoms with Crippen LogP contribution in [0.2, 0.25) is 0 Å². The van der Waals surface area contributed by atoms with Crippen molar-refractivity contribution in [3.63, 3.8) is 0 Å². The molecule has 0 spiro atoms. The molecule has 0 saturated carbocycles. The summed E-state index contributed by atoms with van der Waals surface area (Å²) in [4.78, 5) is 2.38. The first-order valence-corrected chi connectivity index (χ1v) is 17.4. The van der Waals surface area contributed by atoms with Crippen LogP contribution in [-0.2, 0) is 0 Å². The van der Waals surface area contributed by atoms with E-state index in [-0.39, 0.29) is 0 Å². The van der Waals surface area contributed by atoms with Crippen LogP contribution in [0.15, 0.2) is 180 Å². The molecule has 0 aliphatic heterocycles. The Morgan fingerprint density at radius 3 is 1.94 bits per heavy atom. The molecule has 10 rings (SSSR count). The van der Waals surface area contributed by atoms with E-state index in [0.717, 1.165) is 50.1 Å². The molecule has 8 aromatic carbocycles. The van der Waals surface area contributed by atoms with E-state index < -0.39 is 0 Å². The number of fused-ring (bicyclic) bond motifs is 7. The molecule has 230 valence electrons. The molecule has 0 aliphatic rings. The standard InChI is InChI=1S/C46H29NOS/c1-2-13-37-30(9-1)10-8-16-38(37)31-19-22-34(23-20-31)47(36-24-25-41-40-15-4-6-18-45(40)49-46(41)29-36)35-12-7-11-32(27-35)33-21-26-44-42(28-33)39-14-3-5-17-43(39)48-44/h1-29H. The van der Waals surface area contributed by atoms with Gasteiger partial charge >= 0.3 is 0 Å². The zero-order valence-electron chi connectivity index (χ0n) is 26.5. The Bertz CT molecular complexity index is 2840. The fourth-order valence-electron chi connectivity index (χ4n) is 7.30. The lowest BCUT2D eigenvalue weighted by atomic mass is 9.98. The highest BCUT2D eigenvalue weighted by Gasteiger charge is 2.17. The summed E-state index contributed by atoms with van der Waals surface area (Å²) in [6, 6.07) is 63.4. The quantitative estimate of drug-likeness (QED) is 0.186. The van der Waals surface area contributed by atoms with Crippen molar-refractivity contribution in [2.24, 2.45) is 0 Å². The molecule has 0 unspecified atom stereocenters. The van der Waals surface area contributed by atoms with E-state index >= 15 is 0 Å². The maximum absolute atomic E-state index is 6.14. The number of thiophene rings is 1. The monoisotopic (exact) mass is 643 g/mol. The Balaban J connectivity index is 1.12. The molecular formula is C46H29NOS. The van der Waals surface area contributed by atoms with Crippen LogP contribution in [-0.4, -0.2) is 0 Å². The van der Waals surface area contributed by atoms with Crippen LogP contribution in [0.3, 0.4) is 0 Å². The molecule has 0 bridgehead atoms. The smallest absolute Gasteiger partial charge is 0.135 e. The van der Waals surface area contributed by atoms with Crippen molar-refractivity contribution in [2.45, 2.75) is 0 Å². The minimum atomic E-state index is 0.908. The Kier molecular flexibility index (Phi) is 6.39. The van der Waals surface area contributed by atoms with Crippen LogP contribution < -0.4 is 4.90 Å². The van der Waals surface area contributed by atoms with Gasteiger partial charge in [-0.25, -0.2) is 0 Å². The Labute approximate surface area is 287 Å². The van der Waals surface area contributed by atoms with Gasteiger partial charge in [-0.15, -0.1) is 11.3 Å². The summed E-state index contributed by atoms with van der Waals surface area (Å²) in [5.74, 6) is 0. The summed E-state index contributed by atoms with van der Waals surface area (Å²) in [6.45, 7) is 0. The van der Waals surface area contributed by atoms with Crippen LogP contribution in [0.4, 0.5) is 17.1 Å². The van der Waals surface area contributed by atoms with E-state index in [1.165, 1.54) is 42.1 Å². The second-order valence-electron chi connectivity index (χ2n) is 12.5. The highest BCUT2D eigenvalue weighted by Crippen LogP contribution is 2.42. The zero-order chi connectivity index (χ0) is 32.3. The molecule has 0 N–H and O–H groups in total. The molecule has 2 heterocycles. The largest absolute Gasteiger partial charge is 0.456 e. The molecule has 49 heavy (non-hydrogen) atoms. The average molecular weight is 644 g/mol. The highest BCUT2D eigenvalue weighted by atomic mass is 32.1. The number of nitrogens with zero attached hydrogens (tertiary/aromatic N) is 1. The lowest BCUT2D eigenvalue weighted by Crippen LogP contribution is -2.10. The Morgan fingerprint density at radius 2 is 1.02 bits per heavy atom. The van der Waals surface area contributed by atoms with Crippen molar-refractivity contribution in [1.82, 2.24) is 0 Å². The Morgan fingerprint density at radius 1 is 0.367 bits per heavy atom. The molecular weight excluding hydrogens is 615 g/mol. The topological polar surface area (TPSA) is 16.4 Å². The van der Waals surface area contributed by atoms with E-state index in [2.05, 4.69) is 169 Å². The van der Waals surface area contributed by atoms with Gasteiger partial charge in [0.05, 0.1) is 0 Å². The highest BCUT2D eigenvalue weighted by molar-refractivity contribution is 7.25. The van der Waals surface area contributed by atoms with Gasteiger partial charge in [0.1, 0.15) is 11.2 Å². The SMILES string of the molecule is c1cc(-c2ccc3oc4ccccc4c3c2)cc(N(c2ccc(-c3cccc4ccccc34)cc2)c2ccc3c(c2)sc2ccccc23)c1. The molecule has 2 nitrogen and oxygen atoms in total. The van der Waals surface area contributed by atoms with E-state index in [9.17, 15) is 0 Å². The number of hydrogen-bond donors (Lipinski definition) is 0. The fourth-order valence-corrected chi connectivity index (χ4v) is 8.44. The van der Waals surface area contributed by atoms with Crippen LogP contribution in [0.25, 0.3) is 75.1 Å². The molecule has 0 saturated heterocycles. The van der Waals surface area contributed by atoms with Crippen LogP contribution >= 0.6 is 11.3 Å². The molecule has 0 fully saturated rings. The first-order valence-electron chi connectivity index (χ1n) is 16.6. The first kappa shape index (κ1) is 27.9. The third kappa shape index (κ3) is 4.70. The normalized spacial score (nSPS) is 11.7. The number of para-hydroxylation sites is 1. The second kappa shape index (κ2) is 11.2. The second-order valence-corrected chi connectivity index (χ2v) is 13.6. The van der Waals surface area contributed by atoms with Gasteiger partial charge in [0.25, 0.3) is 0 Å². The maximum atomic E-state index is 6.14. The van der Waals surface area contributed by atoms with E-state index in [0.29, 0.717) is 0 Å². The summed E-state index contributed by atoms with van der Waals surface area (Å²) >= 11 is 1.85. The van der Waals surface area contributed by atoms with Gasteiger partial charge in [0.2, 0.25) is 0 Å². The predicted octanol–water partition coefficient (Wildman–Crippen LogP) is 13.9. The summed E-state index contributed by atoms with van der Waals surface area (Å²) in [5, 5.41) is 7.39. The molecule has 10 aromatic rings. The van der Waals surface area contributed by atoms with E-state index in [4.69, 9.17) is 4.42 Å².